The summed E-state index contributed by atoms with van der Waals surface area (Å²) >= 11 is 11.5. The number of nitrogens with two attached hydrogens (primary N) is 1. The third-order valence-corrected chi connectivity index (χ3v) is 2.69. The predicted octanol–water partition coefficient (Wildman–Crippen LogP) is 1.94. The molecule has 1 unspecified atom stereocenters. The van der Waals surface area contributed by atoms with Gasteiger partial charge in [-0.2, -0.15) is 10.3 Å². The summed E-state index contributed by atoms with van der Waals surface area (Å²) in [6, 6.07) is 8.86. The number of rotatable bonds is 1. The van der Waals surface area contributed by atoms with Gasteiger partial charge in [0.15, 0.2) is 6.17 Å². The predicted molar refractivity (Wildman–Crippen MR) is 66.5 cm³/mol. The fourth-order valence-electron chi connectivity index (χ4n) is 1.39. The molecule has 0 aromatic heterocycles. The Bertz CT molecular complexity index is 529. The van der Waals surface area contributed by atoms with Crippen molar-refractivity contribution >= 4 is 33.8 Å². The standard InChI is InChI=1S/C10H7Cl2N5/c11-9-15-8(17(14)10(12)16-9)7-3-1-6(5-13)2-4-7/h1-4,8H,14H2. The van der Waals surface area contributed by atoms with Crippen LogP contribution in [0.5, 0.6) is 0 Å². The van der Waals surface area contributed by atoms with E-state index in [9.17, 15) is 0 Å². The molecule has 1 aromatic carbocycles. The lowest BCUT2D eigenvalue weighted by atomic mass is 10.1. The summed E-state index contributed by atoms with van der Waals surface area (Å²) in [4.78, 5) is 7.79. The van der Waals surface area contributed by atoms with Gasteiger partial charge in [-0.3, -0.25) is 5.01 Å². The van der Waals surface area contributed by atoms with Crippen LogP contribution < -0.4 is 5.84 Å². The molecule has 1 heterocycles. The number of benzene rings is 1. The first-order valence-electron chi connectivity index (χ1n) is 4.63. The van der Waals surface area contributed by atoms with Gasteiger partial charge in [-0.15, -0.1) is 0 Å². The second kappa shape index (κ2) is 4.72. The van der Waals surface area contributed by atoms with Gasteiger partial charge in [0, 0.05) is 0 Å². The maximum Gasteiger partial charge on any atom is 0.222 e. The van der Waals surface area contributed by atoms with E-state index < -0.39 is 6.17 Å². The fraction of sp³-hybridized carbons (Fsp3) is 0.100. The summed E-state index contributed by atoms with van der Waals surface area (Å²) in [5.74, 6) is 5.73. The van der Waals surface area contributed by atoms with E-state index in [1.807, 2.05) is 6.07 Å². The van der Waals surface area contributed by atoms with Crippen molar-refractivity contribution < 1.29 is 0 Å². The van der Waals surface area contributed by atoms with Crippen molar-refractivity contribution in [1.82, 2.24) is 5.01 Å². The van der Waals surface area contributed by atoms with Crippen LogP contribution in [0.25, 0.3) is 0 Å². The molecule has 1 aliphatic rings. The Labute approximate surface area is 108 Å². The Kier molecular flexibility index (Phi) is 3.29. The van der Waals surface area contributed by atoms with Crippen LogP contribution in [0.2, 0.25) is 0 Å². The molecule has 2 N–H and O–H groups in total. The zero-order chi connectivity index (χ0) is 12.4. The van der Waals surface area contributed by atoms with Crippen LogP contribution in [0, 0.1) is 11.3 Å². The molecule has 1 aromatic rings. The molecule has 5 nitrogen and oxygen atoms in total. The van der Waals surface area contributed by atoms with Crippen molar-refractivity contribution in [2.45, 2.75) is 6.17 Å². The number of amidine groups is 2. The zero-order valence-corrected chi connectivity index (χ0v) is 10.0. The van der Waals surface area contributed by atoms with Gasteiger partial charge < -0.3 is 0 Å². The number of aliphatic imine (C=N–C) groups is 2. The van der Waals surface area contributed by atoms with Gasteiger partial charge in [0.1, 0.15) is 0 Å². The van der Waals surface area contributed by atoms with Gasteiger partial charge in [0.25, 0.3) is 0 Å². The summed E-state index contributed by atoms with van der Waals surface area (Å²) in [7, 11) is 0. The Hall–Kier alpha value is -1.61. The van der Waals surface area contributed by atoms with Crippen LogP contribution in [0.15, 0.2) is 34.3 Å². The molecule has 0 spiro atoms. The summed E-state index contributed by atoms with van der Waals surface area (Å²) in [6.45, 7) is 0. The molecular formula is C10H7Cl2N5. The van der Waals surface area contributed by atoms with Crippen LogP contribution in [0.3, 0.4) is 0 Å². The molecular weight excluding hydrogens is 261 g/mol. The van der Waals surface area contributed by atoms with Gasteiger partial charge in [0.2, 0.25) is 10.6 Å². The lowest BCUT2D eigenvalue weighted by Crippen LogP contribution is -2.39. The van der Waals surface area contributed by atoms with E-state index in [2.05, 4.69) is 9.98 Å². The summed E-state index contributed by atoms with van der Waals surface area (Å²) in [5.41, 5.74) is 1.33. The number of halogens is 2. The monoisotopic (exact) mass is 267 g/mol. The topological polar surface area (TPSA) is 77.8 Å². The van der Waals surface area contributed by atoms with E-state index in [4.69, 9.17) is 34.3 Å². The highest BCUT2D eigenvalue weighted by molar-refractivity contribution is 6.71. The highest BCUT2D eigenvalue weighted by Gasteiger charge is 2.23. The first kappa shape index (κ1) is 11.9. The SMILES string of the molecule is N#Cc1ccc(C2N=C(Cl)N=C(Cl)N2N)cc1. The van der Waals surface area contributed by atoms with Crippen molar-refractivity contribution in [1.29, 1.82) is 5.26 Å². The van der Waals surface area contributed by atoms with Crippen molar-refractivity contribution in [3.63, 3.8) is 0 Å². The third-order valence-electron chi connectivity index (χ3n) is 2.23. The third kappa shape index (κ3) is 2.39. The van der Waals surface area contributed by atoms with Crippen molar-refractivity contribution in [2.75, 3.05) is 0 Å². The van der Waals surface area contributed by atoms with Crippen molar-refractivity contribution in [3.8, 4) is 6.07 Å². The van der Waals surface area contributed by atoms with E-state index in [0.717, 1.165) is 5.56 Å². The zero-order valence-electron chi connectivity index (χ0n) is 8.51. The second-order valence-corrected chi connectivity index (χ2v) is 3.97. The number of hydrazine groups is 1. The van der Waals surface area contributed by atoms with Crippen molar-refractivity contribution in [2.24, 2.45) is 15.8 Å². The minimum atomic E-state index is -0.528. The van der Waals surface area contributed by atoms with E-state index in [1.54, 1.807) is 24.3 Å². The molecule has 2 rings (SSSR count). The minimum absolute atomic E-state index is 0.0473. The fourth-order valence-corrected chi connectivity index (χ4v) is 1.78. The maximum atomic E-state index is 8.70. The highest BCUT2D eigenvalue weighted by Crippen LogP contribution is 2.25. The van der Waals surface area contributed by atoms with Gasteiger partial charge in [0.05, 0.1) is 11.6 Å². The Morgan fingerprint density at radius 1 is 1.29 bits per heavy atom. The van der Waals surface area contributed by atoms with E-state index in [-0.39, 0.29) is 10.6 Å². The summed E-state index contributed by atoms with van der Waals surface area (Å²) < 4.78 is 0. The van der Waals surface area contributed by atoms with Crippen LogP contribution >= 0.6 is 23.2 Å². The second-order valence-electron chi connectivity index (χ2n) is 3.29. The normalized spacial score (nSPS) is 19.4. The average Bonchev–Trinajstić information content (AvgIpc) is 2.34. The quantitative estimate of drug-likeness (QED) is 0.624. The minimum Gasteiger partial charge on any atom is -0.256 e. The van der Waals surface area contributed by atoms with Crippen molar-refractivity contribution in [3.05, 3.63) is 35.4 Å². The van der Waals surface area contributed by atoms with E-state index in [0.29, 0.717) is 5.56 Å². The molecule has 0 amide bonds. The summed E-state index contributed by atoms with van der Waals surface area (Å²) in [6.07, 6.45) is -0.528. The molecule has 86 valence electrons. The molecule has 0 fully saturated rings. The molecule has 1 atom stereocenters. The van der Waals surface area contributed by atoms with Crippen LogP contribution in [0.1, 0.15) is 17.3 Å². The number of nitriles is 1. The lowest BCUT2D eigenvalue weighted by Gasteiger charge is -2.27. The van der Waals surface area contributed by atoms with Gasteiger partial charge in [-0.1, -0.05) is 12.1 Å². The maximum absolute atomic E-state index is 8.70. The largest absolute Gasteiger partial charge is 0.256 e. The molecule has 17 heavy (non-hydrogen) atoms. The average molecular weight is 268 g/mol. The van der Waals surface area contributed by atoms with Crippen LogP contribution in [0.4, 0.5) is 0 Å². The molecule has 0 saturated heterocycles. The number of hydrogen-bond acceptors (Lipinski definition) is 5. The van der Waals surface area contributed by atoms with Gasteiger partial charge in [-0.05, 0) is 40.9 Å². The van der Waals surface area contributed by atoms with Gasteiger partial charge >= 0.3 is 0 Å². The molecule has 1 aliphatic heterocycles. The lowest BCUT2D eigenvalue weighted by molar-refractivity contribution is 0.339. The molecule has 0 saturated carbocycles. The summed E-state index contributed by atoms with van der Waals surface area (Å²) in [5, 5.41) is 10.0. The van der Waals surface area contributed by atoms with E-state index >= 15 is 0 Å². The smallest absolute Gasteiger partial charge is 0.222 e. The number of nitrogens with zero attached hydrogens (tertiary/aromatic N) is 4. The highest BCUT2D eigenvalue weighted by atomic mass is 35.5. The molecule has 7 heteroatoms. The molecule has 0 aliphatic carbocycles. The molecule has 0 radical (unpaired) electrons. The Balaban J connectivity index is 2.34. The Morgan fingerprint density at radius 3 is 2.53 bits per heavy atom. The number of hydrogen-bond donors (Lipinski definition) is 1. The Morgan fingerprint density at radius 2 is 1.94 bits per heavy atom. The van der Waals surface area contributed by atoms with Gasteiger partial charge in [-0.25, -0.2) is 10.8 Å². The first-order valence-corrected chi connectivity index (χ1v) is 5.39. The first-order chi connectivity index (χ1) is 8.11. The van der Waals surface area contributed by atoms with Crippen LogP contribution in [-0.2, 0) is 0 Å². The van der Waals surface area contributed by atoms with Crippen LogP contribution in [-0.4, -0.2) is 15.6 Å². The van der Waals surface area contributed by atoms with E-state index in [1.165, 1.54) is 5.01 Å². The molecule has 0 bridgehead atoms.